The van der Waals surface area contributed by atoms with E-state index >= 15 is 0 Å². The number of nitrogens with zero attached hydrogens (tertiary/aromatic N) is 2. The van der Waals surface area contributed by atoms with Gasteiger partial charge < -0.3 is 15.5 Å². The van der Waals surface area contributed by atoms with E-state index in [0.29, 0.717) is 5.56 Å². The molecule has 3 aromatic rings. The van der Waals surface area contributed by atoms with Crippen LogP contribution in [0.3, 0.4) is 0 Å². The highest BCUT2D eigenvalue weighted by Crippen LogP contribution is 2.37. The average molecular weight is 401 g/mol. The Hall–Kier alpha value is -3.14. The molecule has 3 heterocycles. The minimum atomic E-state index is -0.0430. The van der Waals surface area contributed by atoms with Gasteiger partial charge >= 0.3 is 0 Å². The number of nitriles is 1. The van der Waals surface area contributed by atoms with E-state index in [-0.39, 0.29) is 5.91 Å². The maximum atomic E-state index is 12.8. The maximum absolute atomic E-state index is 12.8. The number of hydrogen-bond acceptors (Lipinski definition) is 5. The Labute approximate surface area is 173 Å². The van der Waals surface area contributed by atoms with Gasteiger partial charge in [-0.2, -0.15) is 5.26 Å². The number of fused-ring (bicyclic) bond motifs is 2. The molecule has 2 aliphatic rings. The molecule has 29 heavy (non-hydrogen) atoms. The van der Waals surface area contributed by atoms with Gasteiger partial charge in [0.25, 0.3) is 5.91 Å². The van der Waals surface area contributed by atoms with Crippen LogP contribution in [0.2, 0.25) is 0 Å². The normalized spacial score (nSPS) is 15.7. The number of amides is 1. The molecule has 0 atom stereocenters. The zero-order valence-electron chi connectivity index (χ0n) is 15.9. The number of benzene rings is 2. The molecule has 144 valence electrons. The lowest BCUT2D eigenvalue weighted by Gasteiger charge is -2.30. The van der Waals surface area contributed by atoms with Gasteiger partial charge in [0, 0.05) is 48.9 Å². The summed E-state index contributed by atoms with van der Waals surface area (Å²) in [6, 6.07) is 18.1. The molecule has 0 bridgehead atoms. The van der Waals surface area contributed by atoms with Gasteiger partial charge in [-0.1, -0.05) is 12.1 Å². The standard InChI is InChI=1S/C23H20N4OS/c24-14-15-1-3-16(4-2-15)21-13-18-11-17-12-19(27-9-7-25-8-10-27)5-6-20(17)26-23(28)22(18)29-21/h1-6,12-13,25H,7-11H2,(H,26,28). The molecule has 1 aromatic heterocycles. The molecule has 5 nitrogen and oxygen atoms in total. The molecule has 1 amide bonds. The molecule has 2 N–H and O–H groups in total. The van der Waals surface area contributed by atoms with Crippen LogP contribution in [0.15, 0.2) is 48.5 Å². The maximum Gasteiger partial charge on any atom is 0.266 e. The SMILES string of the molecule is N#Cc1ccc(-c2cc3c(s2)C(=O)Nc2ccc(N4CCNCC4)cc2C3)cc1. The summed E-state index contributed by atoms with van der Waals surface area (Å²) >= 11 is 1.51. The van der Waals surface area contributed by atoms with Crippen LogP contribution in [0.5, 0.6) is 0 Å². The number of nitrogens with one attached hydrogen (secondary N) is 2. The Morgan fingerprint density at radius 3 is 2.55 bits per heavy atom. The van der Waals surface area contributed by atoms with Crippen molar-refractivity contribution in [3.63, 3.8) is 0 Å². The Kier molecular flexibility index (Phi) is 4.55. The topological polar surface area (TPSA) is 68.2 Å². The molecule has 0 radical (unpaired) electrons. The van der Waals surface area contributed by atoms with Gasteiger partial charge in [0.2, 0.25) is 0 Å². The number of carbonyl (C=O) groups is 1. The summed E-state index contributed by atoms with van der Waals surface area (Å²) < 4.78 is 0. The third-order valence-electron chi connectivity index (χ3n) is 5.51. The minimum Gasteiger partial charge on any atom is -0.369 e. The van der Waals surface area contributed by atoms with Crippen LogP contribution >= 0.6 is 11.3 Å². The van der Waals surface area contributed by atoms with E-state index in [1.165, 1.54) is 17.0 Å². The molecule has 1 fully saturated rings. The molecule has 6 heteroatoms. The van der Waals surface area contributed by atoms with E-state index in [1.54, 1.807) is 0 Å². The predicted octanol–water partition coefficient (Wildman–Crippen LogP) is 3.85. The number of piperazine rings is 1. The first kappa shape index (κ1) is 17.9. The first-order chi connectivity index (χ1) is 14.2. The largest absolute Gasteiger partial charge is 0.369 e. The van der Waals surface area contributed by atoms with Crippen molar-refractivity contribution in [3.8, 4) is 16.5 Å². The second kappa shape index (κ2) is 7.36. The highest BCUT2D eigenvalue weighted by Gasteiger charge is 2.23. The number of thiophene rings is 1. The van der Waals surface area contributed by atoms with Crippen molar-refractivity contribution in [1.29, 1.82) is 5.26 Å². The van der Waals surface area contributed by atoms with Crippen LogP contribution in [0.4, 0.5) is 11.4 Å². The minimum absolute atomic E-state index is 0.0430. The van der Waals surface area contributed by atoms with Crippen molar-refractivity contribution >= 4 is 28.6 Å². The van der Waals surface area contributed by atoms with Crippen molar-refractivity contribution in [2.24, 2.45) is 0 Å². The van der Waals surface area contributed by atoms with Gasteiger partial charge in [0.15, 0.2) is 0 Å². The lowest BCUT2D eigenvalue weighted by molar-refractivity contribution is 0.103. The Balaban J connectivity index is 1.49. The fraction of sp³-hybridized carbons (Fsp3) is 0.217. The van der Waals surface area contributed by atoms with Crippen molar-refractivity contribution < 1.29 is 4.79 Å². The molecular formula is C23H20N4OS. The van der Waals surface area contributed by atoms with E-state index in [2.05, 4.69) is 39.8 Å². The van der Waals surface area contributed by atoms with Crippen molar-refractivity contribution in [2.75, 3.05) is 36.4 Å². The van der Waals surface area contributed by atoms with Gasteiger partial charge in [-0.25, -0.2) is 0 Å². The molecule has 0 aliphatic carbocycles. The van der Waals surface area contributed by atoms with E-state index in [9.17, 15) is 4.79 Å². The van der Waals surface area contributed by atoms with Gasteiger partial charge in [-0.15, -0.1) is 11.3 Å². The third kappa shape index (κ3) is 3.39. The van der Waals surface area contributed by atoms with Crippen LogP contribution in [0.1, 0.15) is 26.4 Å². The highest BCUT2D eigenvalue weighted by molar-refractivity contribution is 7.17. The summed E-state index contributed by atoms with van der Waals surface area (Å²) in [5, 5.41) is 15.5. The summed E-state index contributed by atoms with van der Waals surface area (Å²) in [6.07, 6.45) is 0.732. The predicted molar refractivity (Wildman–Crippen MR) is 117 cm³/mol. The van der Waals surface area contributed by atoms with Gasteiger partial charge in [-0.05, 0) is 53.1 Å². The first-order valence-electron chi connectivity index (χ1n) is 9.74. The third-order valence-corrected chi connectivity index (χ3v) is 6.74. The number of anilines is 2. The summed E-state index contributed by atoms with van der Waals surface area (Å²) in [5.74, 6) is -0.0430. The summed E-state index contributed by atoms with van der Waals surface area (Å²) in [5.41, 5.74) is 5.99. The van der Waals surface area contributed by atoms with Crippen LogP contribution in [-0.4, -0.2) is 32.1 Å². The van der Waals surface area contributed by atoms with E-state index in [4.69, 9.17) is 5.26 Å². The molecule has 0 spiro atoms. The highest BCUT2D eigenvalue weighted by atomic mass is 32.1. The average Bonchev–Trinajstić information content (AvgIpc) is 3.14. The van der Waals surface area contributed by atoms with Crippen LogP contribution in [0, 0.1) is 11.3 Å². The molecule has 5 rings (SSSR count). The van der Waals surface area contributed by atoms with Crippen molar-refractivity contribution in [2.45, 2.75) is 6.42 Å². The van der Waals surface area contributed by atoms with Crippen molar-refractivity contribution in [1.82, 2.24) is 5.32 Å². The molecule has 2 aromatic carbocycles. The Bertz CT molecular complexity index is 1120. The van der Waals surface area contributed by atoms with Crippen LogP contribution in [0.25, 0.3) is 10.4 Å². The molecular weight excluding hydrogens is 380 g/mol. The van der Waals surface area contributed by atoms with Gasteiger partial charge in [-0.3, -0.25) is 4.79 Å². The van der Waals surface area contributed by atoms with E-state index < -0.39 is 0 Å². The van der Waals surface area contributed by atoms with Crippen molar-refractivity contribution in [3.05, 3.63) is 70.1 Å². The molecule has 1 saturated heterocycles. The lowest BCUT2D eigenvalue weighted by atomic mass is 10.0. The Morgan fingerprint density at radius 2 is 1.79 bits per heavy atom. The summed E-state index contributed by atoms with van der Waals surface area (Å²) in [4.78, 5) is 17.0. The lowest BCUT2D eigenvalue weighted by Crippen LogP contribution is -2.43. The number of hydrogen-bond donors (Lipinski definition) is 2. The second-order valence-corrected chi connectivity index (χ2v) is 8.42. The fourth-order valence-corrected chi connectivity index (χ4v) is 5.04. The zero-order chi connectivity index (χ0) is 19.8. The second-order valence-electron chi connectivity index (χ2n) is 7.36. The molecule has 2 aliphatic heterocycles. The molecule has 0 saturated carbocycles. The number of carbonyl (C=O) groups excluding carboxylic acids is 1. The summed E-state index contributed by atoms with van der Waals surface area (Å²) in [7, 11) is 0. The quantitative estimate of drug-likeness (QED) is 0.686. The van der Waals surface area contributed by atoms with Crippen LogP contribution in [-0.2, 0) is 6.42 Å². The van der Waals surface area contributed by atoms with Crippen LogP contribution < -0.4 is 15.5 Å². The van der Waals surface area contributed by atoms with E-state index in [1.807, 2.05) is 30.3 Å². The van der Waals surface area contributed by atoms with Gasteiger partial charge in [0.05, 0.1) is 16.5 Å². The first-order valence-corrected chi connectivity index (χ1v) is 10.6. The zero-order valence-corrected chi connectivity index (χ0v) is 16.7. The fourth-order valence-electron chi connectivity index (χ4n) is 3.96. The number of rotatable bonds is 2. The summed E-state index contributed by atoms with van der Waals surface area (Å²) in [6.45, 7) is 3.99. The van der Waals surface area contributed by atoms with Gasteiger partial charge in [0.1, 0.15) is 0 Å². The molecule has 0 unspecified atom stereocenters. The smallest absolute Gasteiger partial charge is 0.266 e. The van der Waals surface area contributed by atoms with E-state index in [0.717, 1.165) is 64.7 Å². The Morgan fingerprint density at radius 1 is 1.00 bits per heavy atom. The monoisotopic (exact) mass is 400 g/mol.